The third kappa shape index (κ3) is 7.19. The van der Waals surface area contributed by atoms with Crippen LogP contribution in [-0.2, 0) is 12.8 Å². The van der Waals surface area contributed by atoms with Crippen molar-refractivity contribution >= 4 is 11.6 Å². The lowest BCUT2D eigenvalue weighted by Gasteiger charge is -2.13. The molecule has 0 bridgehead atoms. The van der Waals surface area contributed by atoms with Crippen molar-refractivity contribution in [2.24, 2.45) is 0 Å². The largest absolute Gasteiger partial charge is 0.497 e. The summed E-state index contributed by atoms with van der Waals surface area (Å²) < 4.78 is 127. The predicted octanol–water partition coefficient (Wildman–Crippen LogP) is 10.8. The Hall–Kier alpha value is -6.30. The number of carbonyl (C=O) groups excluding carboxylic acids is 2. The Bertz CT molecular complexity index is 2330. The molecule has 6 rings (SSSR count). The average molecular weight is 747 g/mol. The van der Waals surface area contributed by atoms with Gasteiger partial charge in [-0.1, -0.05) is 72.8 Å². The normalized spacial score (nSPS) is 11.1. The fraction of sp³-hybridized carbons (Fsp3) is 0.0952. The summed E-state index contributed by atoms with van der Waals surface area (Å²) >= 11 is 0. The molecular weight excluding hydrogens is 720 g/mol. The van der Waals surface area contributed by atoms with Crippen molar-refractivity contribution < 1.29 is 54.2 Å². The quantitative estimate of drug-likeness (QED) is 0.0753. The SMILES string of the molecule is COc1ccc(-c2ccc(Oc3c(F)c(F)c(C(=O)c4ccc(CCc5ccc(C(=O)c6c(F)c(F)c(C)c(F)c6F)cc5)cc4)c(F)c3F)cc2)cc1. The number of hydrogen-bond acceptors (Lipinski definition) is 4. The molecule has 0 saturated heterocycles. The van der Waals surface area contributed by atoms with E-state index in [1.54, 1.807) is 36.4 Å². The highest BCUT2D eigenvalue weighted by atomic mass is 19.2. The monoisotopic (exact) mass is 746 g/mol. The van der Waals surface area contributed by atoms with E-state index in [4.69, 9.17) is 9.47 Å². The number of aryl methyl sites for hydroxylation is 2. The van der Waals surface area contributed by atoms with E-state index in [-0.39, 0.29) is 16.9 Å². The summed E-state index contributed by atoms with van der Waals surface area (Å²) in [5.41, 5.74) is -1.34. The van der Waals surface area contributed by atoms with Gasteiger partial charge in [0, 0.05) is 16.7 Å². The fourth-order valence-corrected chi connectivity index (χ4v) is 5.68. The summed E-state index contributed by atoms with van der Waals surface area (Å²) in [5.74, 6) is -18.0. The first-order valence-corrected chi connectivity index (χ1v) is 16.2. The highest BCUT2D eigenvalue weighted by molar-refractivity contribution is 6.10. The second-order valence-electron chi connectivity index (χ2n) is 12.1. The summed E-state index contributed by atoms with van der Waals surface area (Å²) in [5, 5.41) is 0. The molecule has 0 aliphatic carbocycles. The van der Waals surface area contributed by atoms with E-state index >= 15 is 17.6 Å². The zero-order valence-corrected chi connectivity index (χ0v) is 28.3. The van der Waals surface area contributed by atoms with Crippen molar-refractivity contribution in [2.45, 2.75) is 19.8 Å². The highest BCUT2D eigenvalue weighted by Crippen LogP contribution is 2.35. The van der Waals surface area contributed by atoms with Gasteiger partial charge in [0.2, 0.25) is 17.4 Å². The second kappa shape index (κ2) is 15.4. The Labute approximate surface area is 303 Å². The Morgan fingerprint density at radius 3 is 1.19 bits per heavy atom. The summed E-state index contributed by atoms with van der Waals surface area (Å²) in [6, 6.07) is 23.7. The van der Waals surface area contributed by atoms with E-state index in [9.17, 15) is 27.2 Å². The van der Waals surface area contributed by atoms with Crippen molar-refractivity contribution in [3.63, 3.8) is 0 Å². The summed E-state index contributed by atoms with van der Waals surface area (Å²) in [4.78, 5) is 25.8. The van der Waals surface area contributed by atoms with Crippen LogP contribution in [-0.4, -0.2) is 18.7 Å². The topological polar surface area (TPSA) is 52.6 Å². The molecule has 0 aromatic heterocycles. The maximum absolute atomic E-state index is 15.2. The Balaban J connectivity index is 1.12. The zero-order valence-electron chi connectivity index (χ0n) is 28.3. The molecule has 0 atom stereocenters. The number of carbonyl (C=O) groups is 2. The number of ketones is 2. The van der Waals surface area contributed by atoms with Crippen LogP contribution in [0.3, 0.4) is 0 Å². The minimum absolute atomic E-state index is 0.121. The minimum Gasteiger partial charge on any atom is -0.497 e. The second-order valence-corrected chi connectivity index (χ2v) is 12.1. The van der Waals surface area contributed by atoms with Gasteiger partial charge in [-0.25, -0.2) is 26.3 Å². The molecule has 12 heteroatoms. The van der Waals surface area contributed by atoms with E-state index in [0.29, 0.717) is 35.3 Å². The first-order valence-electron chi connectivity index (χ1n) is 16.2. The maximum atomic E-state index is 15.2. The predicted molar refractivity (Wildman–Crippen MR) is 183 cm³/mol. The molecule has 0 unspecified atom stereocenters. The lowest BCUT2D eigenvalue weighted by Crippen LogP contribution is -2.13. The Morgan fingerprint density at radius 1 is 0.463 bits per heavy atom. The molecule has 4 nitrogen and oxygen atoms in total. The van der Waals surface area contributed by atoms with Crippen LogP contribution in [0.5, 0.6) is 17.2 Å². The summed E-state index contributed by atoms with van der Waals surface area (Å²) in [6.07, 6.45) is 0.697. The number of ether oxygens (including phenoxy) is 2. The molecule has 0 fully saturated rings. The summed E-state index contributed by atoms with van der Waals surface area (Å²) in [6.45, 7) is 0.842. The molecule has 0 heterocycles. The van der Waals surface area contributed by atoms with Crippen LogP contribution in [0.1, 0.15) is 48.5 Å². The molecule has 0 spiro atoms. The van der Waals surface area contributed by atoms with Crippen LogP contribution in [0.25, 0.3) is 11.1 Å². The summed E-state index contributed by atoms with van der Waals surface area (Å²) in [7, 11) is 1.53. The molecule has 0 N–H and O–H groups in total. The van der Waals surface area contributed by atoms with E-state index in [1.165, 1.54) is 67.8 Å². The molecular formula is C42H26F8O4. The number of halogens is 8. The average Bonchev–Trinajstić information content (AvgIpc) is 3.20. The van der Waals surface area contributed by atoms with Crippen molar-refractivity contribution in [3.8, 4) is 28.4 Å². The van der Waals surface area contributed by atoms with Crippen LogP contribution in [0.15, 0.2) is 97.1 Å². The zero-order chi connectivity index (χ0) is 38.8. The van der Waals surface area contributed by atoms with Crippen LogP contribution >= 0.6 is 0 Å². The minimum atomic E-state index is -1.93. The first-order chi connectivity index (χ1) is 25.8. The van der Waals surface area contributed by atoms with Gasteiger partial charge in [0.05, 0.1) is 7.11 Å². The molecule has 0 saturated carbocycles. The highest BCUT2D eigenvalue weighted by Gasteiger charge is 2.32. The third-order valence-corrected chi connectivity index (χ3v) is 8.79. The van der Waals surface area contributed by atoms with E-state index in [2.05, 4.69) is 0 Å². The molecule has 274 valence electrons. The molecule has 0 aliphatic heterocycles. The number of methoxy groups -OCH3 is 1. The van der Waals surface area contributed by atoms with Gasteiger partial charge < -0.3 is 9.47 Å². The number of rotatable bonds is 11. The van der Waals surface area contributed by atoms with Gasteiger partial charge >= 0.3 is 0 Å². The van der Waals surface area contributed by atoms with Gasteiger partial charge in [0.25, 0.3) is 0 Å². The molecule has 6 aromatic rings. The lowest BCUT2D eigenvalue weighted by atomic mass is 9.96. The fourth-order valence-electron chi connectivity index (χ4n) is 5.68. The van der Waals surface area contributed by atoms with Gasteiger partial charge in [-0.2, -0.15) is 8.78 Å². The van der Waals surface area contributed by atoms with Gasteiger partial charge in [-0.3, -0.25) is 9.59 Å². The van der Waals surface area contributed by atoms with Crippen LogP contribution in [0.4, 0.5) is 35.1 Å². The van der Waals surface area contributed by atoms with E-state index in [0.717, 1.165) is 12.5 Å². The van der Waals surface area contributed by atoms with E-state index < -0.39 is 80.5 Å². The Kier molecular flexibility index (Phi) is 10.7. The number of benzene rings is 6. The Morgan fingerprint density at radius 2 is 0.815 bits per heavy atom. The van der Waals surface area contributed by atoms with Crippen LogP contribution in [0, 0.1) is 53.5 Å². The smallest absolute Gasteiger partial charge is 0.205 e. The van der Waals surface area contributed by atoms with Crippen LogP contribution < -0.4 is 9.47 Å². The molecule has 6 aromatic carbocycles. The third-order valence-electron chi connectivity index (χ3n) is 8.79. The van der Waals surface area contributed by atoms with Gasteiger partial charge in [0.15, 0.2) is 46.5 Å². The van der Waals surface area contributed by atoms with Gasteiger partial charge in [-0.15, -0.1) is 0 Å². The van der Waals surface area contributed by atoms with Crippen molar-refractivity contribution in [1.82, 2.24) is 0 Å². The van der Waals surface area contributed by atoms with Crippen molar-refractivity contribution in [3.05, 3.63) is 183 Å². The van der Waals surface area contributed by atoms with Crippen molar-refractivity contribution in [1.29, 1.82) is 0 Å². The molecule has 54 heavy (non-hydrogen) atoms. The molecule has 0 radical (unpaired) electrons. The standard InChI is InChI=1S/C42H26F8O4/c1-21-32(43)34(45)30(35(46)33(21)44)40(51)26-9-5-22(6-10-26)3-4-23-7-11-27(12-8-23)41(52)31-36(47)38(49)42(39(50)37(31)48)54-29-19-15-25(16-20-29)24-13-17-28(53-2)18-14-24/h5-20H,3-4H2,1-2H3. The maximum Gasteiger partial charge on any atom is 0.205 e. The van der Waals surface area contributed by atoms with Gasteiger partial charge in [-0.05, 0) is 66.3 Å². The number of hydrogen-bond donors (Lipinski definition) is 0. The first kappa shape index (κ1) is 37.5. The van der Waals surface area contributed by atoms with E-state index in [1.807, 2.05) is 0 Å². The van der Waals surface area contributed by atoms with Crippen molar-refractivity contribution in [2.75, 3.05) is 7.11 Å². The molecule has 0 aliphatic rings. The van der Waals surface area contributed by atoms with Crippen LogP contribution in [0.2, 0.25) is 0 Å². The lowest BCUT2D eigenvalue weighted by molar-refractivity contribution is 0.102. The molecule has 0 amide bonds. The van der Waals surface area contributed by atoms with Gasteiger partial charge in [0.1, 0.15) is 22.6 Å².